The van der Waals surface area contributed by atoms with Gasteiger partial charge >= 0.3 is 5.97 Å². The second kappa shape index (κ2) is 4.69. The zero-order valence-electron chi connectivity index (χ0n) is 9.73. The summed E-state index contributed by atoms with van der Waals surface area (Å²) in [5, 5.41) is 0. The molecule has 0 spiro atoms. The van der Waals surface area contributed by atoms with E-state index < -0.39 is 5.79 Å². The summed E-state index contributed by atoms with van der Waals surface area (Å²) in [4.78, 5) is 11.1. The Labute approximate surface area is 95.0 Å². The third kappa shape index (κ3) is 2.36. The summed E-state index contributed by atoms with van der Waals surface area (Å²) in [5.74, 6) is -0.606. The highest BCUT2D eigenvalue weighted by Gasteiger charge is 2.45. The molecule has 0 N–H and O–H groups in total. The molecule has 92 valence electrons. The number of rotatable bonds is 3. The van der Waals surface area contributed by atoms with Gasteiger partial charge in [-0.25, -0.2) is 0 Å². The highest BCUT2D eigenvalue weighted by Crippen LogP contribution is 2.36. The largest absolute Gasteiger partial charge is 0.469 e. The highest BCUT2D eigenvalue weighted by molar-refractivity contribution is 5.69. The second-order valence-corrected chi connectivity index (χ2v) is 4.41. The summed E-state index contributed by atoms with van der Waals surface area (Å²) in [6.07, 6.45) is 0.999. The molecule has 2 aliphatic heterocycles. The van der Waals surface area contributed by atoms with Gasteiger partial charge < -0.3 is 18.9 Å². The first-order valence-electron chi connectivity index (χ1n) is 5.60. The molecule has 3 unspecified atom stereocenters. The van der Waals surface area contributed by atoms with Crippen LogP contribution in [0.25, 0.3) is 0 Å². The molecular formula is C11H18O5. The first-order chi connectivity index (χ1) is 7.64. The number of methoxy groups -OCH3 is 1. The molecule has 0 aliphatic carbocycles. The Balaban J connectivity index is 1.88. The summed E-state index contributed by atoms with van der Waals surface area (Å²) in [6.45, 7) is 3.79. The maximum atomic E-state index is 11.1. The summed E-state index contributed by atoms with van der Waals surface area (Å²) >= 11 is 0. The van der Waals surface area contributed by atoms with Gasteiger partial charge in [-0.2, -0.15) is 0 Å². The van der Waals surface area contributed by atoms with E-state index >= 15 is 0 Å². The lowest BCUT2D eigenvalue weighted by atomic mass is 9.99. The molecule has 16 heavy (non-hydrogen) atoms. The van der Waals surface area contributed by atoms with Gasteiger partial charge in [0.15, 0.2) is 5.79 Å². The van der Waals surface area contributed by atoms with Gasteiger partial charge in [0.2, 0.25) is 0 Å². The molecule has 0 radical (unpaired) electrons. The van der Waals surface area contributed by atoms with Gasteiger partial charge in [-0.05, 0) is 13.3 Å². The average Bonchev–Trinajstić information content (AvgIpc) is 2.88. The fourth-order valence-corrected chi connectivity index (χ4v) is 2.19. The maximum Gasteiger partial charge on any atom is 0.308 e. The Morgan fingerprint density at radius 3 is 2.94 bits per heavy atom. The van der Waals surface area contributed by atoms with Crippen molar-refractivity contribution in [2.75, 3.05) is 26.9 Å². The average molecular weight is 230 g/mol. The highest BCUT2D eigenvalue weighted by atomic mass is 16.7. The van der Waals surface area contributed by atoms with Crippen molar-refractivity contribution in [2.24, 2.45) is 5.92 Å². The lowest BCUT2D eigenvalue weighted by Crippen LogP contribution is -2.37. The molecule has 0 saturated carbocycles. The predicted molar refractivity (Wildman–Crippen MR) is 54.8 cm³/mol. The van der Waals surface area contributed by atoms with Crippen molar-refractivity contribution in [3.05, 3.63) is 0 Å². The van der Waals surface area contributed by atoms with Crippen molar-refractivity contribution in [3.63, 3.8) is 0 Å². The summed E-state index contributed by atoms with van der Waals surface area (Å²) in [5.41, 5.74) is 0. The SMILES string of the molecule is COC(=O)CC1COC(C)(C2CCOC2)O1. The zero-order chi connectivity index (χ0) is 11.6. The molecule has 2 aliphatic rings. The molecule has 2 rings (SSSR count). The number of hydrogen-bond acceptors (Lipinski definition) is 5. The molecule has 0 aromatic heterocycles. The quantitative estimate of drug-likeness (QED) is 0.669. The number of carbonyl (C=O) groups excluding carboxylic acids is 1. The van der Waals surface area contributed by atoms with Crippen LogP contribution in [0, 0.1) is 5.92 Å². The summed E-state index contributed by atoms with van der Waals surface area (Å²) in [7, 11) is 1.38. The number of ether oxygens (including phenoxy) is 4. The lowest BCUT2D eigenvalue weighted by Gasteiger charge is -2.28. The van der Waals surface area contributed by atoms with E-state index in [-0.39, 0.29) is 24.4 Å². The molecule has 0 aromatic rings. The van der Waals surface area contributed by atoms with Gasteiger partial charge in [-0.1, -0.05) is 0 Å². The molecule has 0 bridgehead atoms. The summed E-state index contributed by atoms with van der Waals surface area (Å²) in [6, 6.07) is 0. The van der Waals surface area contributed by atoms with Crippen LogP contribution in [0.4, 0.5) is 0 Å². The Bertz CT molecular complexity index is 261. The van der Waals surface area contributed by atoms with Crippen molar-refractivity contribution >= 4 is 5.97 Å². The Hall–Kier alpha value is -0.650. The Morgan fingerprint density at radius 1 is 1.50 bits per heavy atom. The van der Waals surface area contributed by atoms with Gasteiger partial charge in [0.25, 0.3) is 0 Å². The minimum atomic E-state index is -0.602. The van der Waals surface area contributed by atoms with E-state index in [1.54, 1.807) is 0 Å². The fourth-order valence-electron chi connectivity index (χ4n) is 2.19. The third-order valence-corrected chi connectivity index (χ3v) is 3.25. The van der Waals surface area contributed by atoms with Crippen LogP contribution in [-0.2, 0) is 23.7 Å². The normalized spacial score (nSPS) is 38.9. The first-order valence-corrected chi connectivity index (χ1v) is 5.60. The fraction of sp³-hybridized carbons (Fsp3) is 0.909. The topological polar surface area (TPSA) is 54.0 Å². The minimum absolute atomic E-state index is 0.196. The predicted octanol–water partition coefficient (Wildman–Crippen LogP) is 0.718. The van der Waals surface area contributed by atoms with Crippen LogP contribution >= 0.6 is 0 Å². The van der Waals surface area contributed by atoms with Gasteiger partial charge in [0.1, 0.15) is 0 Å². The van der Waals surface area contributed by atoms with Crippen LogP contribution in [0.2, 0.25) is 0 Å². The standard InChI is InChI=1S/C11H18O5/c1-11(8-3-4-14-6-8)15-7-9(16-11)5-10(12)13-2/h8-9H,3-7H2,1-2H3. The molecule has 2 heterocycles. The third-order valence-electron chi connectivity index (χ3n) is 3.25. The van der Waals surface area contributed by atoms with E-state index in [0.717, 1.165) is 13.0 Å². The van der Waals surface area contributed by atoms with E-state index in [1.807, 2.05) is 6.92 Å². The maximum absolute atomic E-state index is 11.1. The van der Waals surface area contributed by atoms with Gasteiger partial charge in [0, 0.05) is 12.5 Å². The number of carbonyl (C=O) groups is 1. The van der Waals surface area contributed by atoms with Crippen LogP contribution < -0.4 is 0 Å². The van der Waals surface area contributed by atoms with E-state index in [9.17, 15) is 4.79 Å². The molecule has 5 heteroatoms. The van der Waals surface area contributed by atoms with Crippen LogP contribution in [0.15, 0.2) is 0 Å². The van der Waals surface area contributed by atoms with E-state index in [1.165, 1.54) is 7.11 Å². The van der Waals surface area contributed by atoms with Crippen molar-refractivity contribution in [1.29, 1.82) is 0 Å². The van der Waals surface area contributed by atoms with Gasteiger partial charge in [0.05, 0.1) is 32.8 Å². The van der Waals surface area contributed by atoms with Crippen molar-refractivity contribution < 1.29 is 23.7 Å². The Kier molecular flexibility index (Phi) is 3.47. The minimum Gasteiger partial charge on any atom is -0.469 e. The van der Waals surface area contributed by atoms with E-state index in [2.05, 4.69) is 4.74 Å². The monoisotopic (exact) mass is 230 g/mol. The number of hydrogen-bond donors (Lipinski definition) is 0. The molecule has 5 nitrogen and oxygen atoms in total. The molecule has 2 saturated heterocycles. The van der Waals surface area contributed by atoms with Crippen LogP contribution in [0.3, 0.4) is 0 Å². The molecular weight excluding hydrogens is 212 g/mol. The van der Waals surface area contributed by atoms with Crippen LogP contribution in [0.5, 0.6) is 0 Å². The van der Waals surface area contributed by atoms with Crippen LogP contribution in [0.1, 0.15) is 19.8 Å². The van der Waals surface area contributed by atoms with Gasteiger partial charge in [-0.3, -0.25) is 4.79 Å². The first kappa shape index (κ1) is 11.8. The van der Waals surface area contributed by atoms with Gasteiger partial charge in [-0.15, -0.1) is 0 Å². The second-order valence-electron chi connectivity index (χ2n) is 4.41. The number of esters is 1. The summed E-state index contributed by atoms with van der Waals surface area (Å²) < 4.78 is 21.4. The Morgan fingerprint density at radius 2 is 2.31 bits per heavy atom. The molecule has 2 fully saturated rings. The molecule has 0 amide bonds. The van der Waals surface area contributed by atoms with Crippen LogP contribution in [-0.4, -0.2) is 44.8 Å². The van der Waals surface area contributed by atoms with Crippen molar-refractivity contribution in [2.45, 2.75) is 31.7 Å². The van der Waals surface area contributed by atoms with E-state index in [0.29, 0.717) is 13.2 Å². The smallest absolute Gasteiger partial charge is 0.308 e. The molecule has 0 aromatic carbocycles. The van der Waals surface area contributed by atoms with Crippen molar-refractivity contribution in [1.82, 2.24) is 0 Å². The van der Waals surface area contributed by atoms with Crippen molar-refractivity contribution in [3.8, 4) is 0 Å². The zero-order valence-corrected chi connectivity index (χ0v) is 9.73. The molecule has 3 atom stereocenters. The van der Waals surface area contributed by atoms with E-state index in [4.69, 9.17) is 14.2 Å². The lowest BCUT2D eigenvalue weighted by molar-refractivity contribution is -0.192.